The molecule has 2 aromatic carbocycles. The van der Waals surface area contributed by atoms with Gasteiger partial charge in [0.2, 0.25) is 0 Å². The van der Waals surface area contributed by atoms with Gasteiger partial charge < -0.3 is 9.47 Å². The number of fused-ring (bicyclic) bond motifs is 1. The van der Waals surface area contributed by atoms with Gasteiger partial charge >= 0.3 is 12.4 Å². The first-order chi connectivity index (χ1) is 9.15. The highest BCUT2D eigenvalue weighted by atomic mass is 16.6. The molecule has 0 aliphatic heterocycles. The maximum absolute atomic E-state index is 11.5. The zero-order chi connectivity index (χ0) is 13.8. The fraction of sp³-hybridized carbons (Fsp3) is 0.200. The number of benzene rings is 2. The van der Waals surface area contributed by atoms with Crippen LogP contribution in [0, 0.1) is 0 Å². The van der Waals surface area contributed by atoms with Crippen molar-refractivity contribution in [2.24, 2.45) is 0 Å². The fourth-order valence-electron chi connectivity index (χ4n) is 1.92. The number of carbonyl (C=O) groups excluding carboxylic acids is 2. The van der Waals surface area contributed by atoms with E-state index >= 15 is 0 Å². The van der Waals surface area contributed by atoms with Crippen LogP contribution in [0.2, 0.25) is 0 Å². The molecule has 0 amide bonds. The highest BCUT2D eigenvalue weighted by Gasteiger charge is 2.16. The van der Waals surface area contributed by atoms with Crippen LogP contribution in [-0.2, 0) is 14.3 Å². The monoisotopic (exact) mass is 258 g/mol. The minimum Gasteiger partial charge on any atom is -0.497 e. The summed E-state index contributed by atoms with van der Waals surface area (Å²) in [5, 5.41) is 2.03. The first-order valence-corrected chi connectivity index (χ1v) is 5.87. The molecule has 1 unspecified atom stereocenters. The van der Waals surface area contributed by atoms with Crippen LogP contribution in [0.15, 0.2) is 36.4 Å². The van der Waals surface area contributed by atoms with Gasteiger partial charge in [-0.3, -0.25) is 9.59 Å². The quantitative estimate of drug-likeness (QED) is 0.480. The summed E-state index contributed by atoms with van der Waals surface area (Å²) in [4.78, 5) is 21.7. The highest BCUT2D eigenvalue weighted by Crippen LogP contribution is 2.25. The molecular weight excluding hydrogens is 244 g/mol. The second-order valence-corrected chi connectivity index (χ2v) is 4.23. The Morgan fingerprint density at radius 2 is 1.84 bits per heavy atom. The highest BCUT2D eigenvalue weighted by molar-refractivity contribution is 5.88. The van der Waals surface area contributed by atoms with E-state index in [-0.39, 0.29) is 6.47 Å². The van der Waals surface area contributed by atoms with Gasteiger partial charge in [0.05, 0.1) is 13.0 Å². The van der Waals surface area contributed by atoms with Crippen LogP contribution in [0.3, 0.4) is 0 Å². The van der Waals surface area contributed by atoms with Crippen LogP contribution in [0.4, 0.5) is 0 Å². The van der Waals surface area contributed by atoms with Gasteiger partial charge in [0, 0.05) is 0 Å². The van der Waals surface area contributed by atoms with Crippen LogP contribution in [0.5, 0.6) is 5.75 Å². The van der Waals surface area contributed by atoms with E-state index in [1.54, 1.807) is 14.0 Å². The SMILES string of the molecule is COc1ccc2cc(C(C)C(=O)OC=O)ccc2c1. The normalized spacial score (nSPS) is 11.9. The lowest BCUT2D eigenvalue weighted by Gasteiger charge is -2.10. The number of esters is 1. The van der Waals surface area contributed by atoms with E-state index in [4.69, 9.17) is 4.74 Å². The van der Waals surface area contributed by atoms with Gasteiger partial charge in [-0.1, -0.05) is 24.3 Å². The van der Waals surface area contributed by atoms with Crippen molar-refractivity contribution in [1.29, 1.82) is 0 Å². The molecule has 0 aliphatic rings. The van der Waals surface area contributed by atoms with Gasteiger partial charge in [-0.2, -0.15) is 0 Å². The summed E-state index contributed by atoms with van der Waals surface area (Å²) in [6.45, 7) is 1.86. The van der Waals surface area contributed by atoms with Gasteiger partial charge in [-0.05, 0) is 35.4 Å². The van der Waals surface area contributed by atoms with Gasteiger partial charge in [0.15, 0.2) is 0 Å². The summed E-state index contributed by atoms with van der Waals surface area (Å²) in [6, 6.07) is 11.4. The summed E-state index contributed by atoms with van der Waals surface area (Å²) in [5.74, 6) is -0.242. The zero-order valence-corrected chi connectivity index (χ0v) is 10.8. The van der Waals surface area contributed by atoms with Crippen molar-refractivity contribution in [2.45, 2.75) is 12.8 Å². The van der Waals surface area contributed by atoms with E-state index in [1.807, 2.05) is 36.4 Å². The molecule has 0 saturated carbocycles. The molecule has 0 spiro atoms. The number of hydrogen-bond donors (Lipinski definition) is 0. The molecule has 0 aliphatic carbocycles. The first kappa shape index (κ1) is 13.1. The van der Waals surface area contributed by atoms with Crippen LogP contribution in [0.25, 0.3) is 10.8 Å². The van der Waals surface area contributed by atoms with Crippen molar-refractivity contribution in [1.82, 2.24) is 0 Å². The summed E-state index contributed by atoms with van der Waals surface area (Å²) in [6.07, 6.45) is 0. The Labute approximate surface area is 110 Å². The Morgan fingerprint density at radius 1 is 1.16 bits per heavy atom. The molecule has 0 radical (unpaired) electrons. The van der Waals surface area contributed by atoms with Gasteiger partial charge in [-0.15, -0.1) is 0 Å². The number of carbonyl (C=O) groups is 2. The van der Waals surface area contributed by atoms with Crippen molar-refractivity contribution < 1.29 is 19.1 Å². The number of ether oxygens (including phenoxy) is 2. The second-order valence-electron chi connectivity index (χ2n) is 4.23. The van der Waals surface area contributed by atoms with Crippen LogP contribution < -0.4 is 4.74 Å². The molecule has 19 heavy (non-hydrogen) atoms. The Morgan fingerprint density at radius 3 is 2.53 bits per heavy atom. The minimum atomic E-state index is -0.553. The van der Waals surface area contributed by atoms with Crippen molar-refractivity contribution in [2.75, 3.05) is 7.11 Å². The molecule has 4 nitrogen and oxygen atoms in total. The fourth-order valence-corrected chi connectivity index (χ4v) is 1.92. The lowest BCUT2D eigenvalue weighted by atomic mass is 9.98. The lowest BCUT2D eigenvalue weighted by molar-refractivity contribution is -0.152. The van der Waals surface area contributed by atoms with E-state index in [0.29, 0.717) is 0 Å². The largest absolute Gasteiger partial charge is 0.497 e. The average molecular weight is 258 g/mol. The first-order valence-electron chi connectivity index (χ1n) is 5.87. The summed E-state index contributed by atoms with van der Waals surface area (Å²) < 4.78 is 9.52. The topological polar surface area (TPSA) is 52.6 Å². The van der Waals surface area contributed by atoms with E-state index in [0.717, 1.165) is 22.1 Å². The molecule has 4 heteroatoms. The number of methoxy groups -OCH3 is 1. The molecular formula is C15H14O4. The number of rotatable bonds is 4. The summed E-state index contributed by atoms with van der Waals surface area (Å²) in [5.41, 5.74) is 0.810. The molecule has 0 heterocycles. The van der Waals surface area contributed by atoms with Crippen LogP contribution >= 0.6 is 0 Å². The van der Waals surface area contributed by atoms with E-state index in [9.17, 15) is 9.59 Å². The van der Waals surface area contributed by atoms with Crippen molar-refractivity contribution >= 4 is 23.2 Å². The Balaban J connectivity index is 2.36. The zero-order valence-electron chi connectivity index (χ0n) is 10.8. The van der Waals surface area contributed by atoms with E-state index in [2.05, 4.69) is 4.74 Å². The smallest absolute Gasteiger partial charge is 0.320 e. The Hall–Kier alpha value is -2.36. The van der Waals surface area contributed by atoms with Crippen LogP contribution in [-0.4, -0.2) is 19.6 Å². The molecule has 0 bridgehead atoms. The minimum absolute atomic E-state index is 0.157. The third-order valence-corrected chi connectivity index (χ3v) is 3.09. The lowest BCUT2D eigenvalue weighted by Crippen LogP contribution is -2.12. The molecule has 0 fully saturated rings. The van der Waals surface area contributed by atoms with Crippen molar-refractivity contribution in [3.8, 4) is 5.75 Å². The second kappa shape index (κ2) is 5.52. The van der Waals surface area contributed by atoms with Gasteiger partial charge in [0.1, 0.15) is 5.75 Å². The maximum atomic E-state index is 11.5. The predicted molar refractivity (Wildman–Crippen MR) is 71.1 cm³/mol. The molecule has 98 valence electrons. The maximum Gasteiger partial charge on any atom is 0.320 e. The van der Waals surface area contributed by atoms with Crippen molar-refractivity contribution in [3.05, 3.63) is 42.0 Å². The Bertz CT molecular complexity index is 619. The molecule has 2 aromatic rings. The third-order valence-electron chi connectivity index (χ3n) is 3.09. The van der Waals surface area contributed by atoms with Crippen molar-refractivity contribution in [3.63, 3.8) is 0 Å². The van der Waals surface area contributed by atoms with Gasteiger partial charge in [0.25, 0.3) is 0 Å². The van der Waals surface area contributed by atoms with E-state index < -0.39 is 11.9 Å². The van der Waals surface area contributed by atoms with Crippen LogP contribution in [0.1, 0.15) is 18.4 Å². The molecule has 0 aromatic heterocycles. The number of hydrogen-bond acceptors (Lipinski definition) is 4. The van der Waals surface area contributed by atoms with Gasteiger partial charge in [-0.25, -0.2) is 0 Å². The molecule has 2 rings (SSSR count). The standard InChI is InChI=1S/C15H14O4/c1-10(15(17)19-9-16)11-3-4-13-8-14(18-2)6-5-12(13)7-11/h3-10H,1-2H3. The third kappa shape index (κ3) is 2.73. The average Bonchev–Trinajstić information content (AvgIpc) is 2.45. The summed E-state index contributed by atoms with van der Waals surface area (Å²) in [7, 11) is 1.62. The molecule has 1 atom stereocenters. The predicted octanol–water partition coefficient (Wildman–Crippen LogP) is 2.65. The summed E-state index contributed by atoms with van der Waals surface area (Å²) >= 11 is 0. The molecule has 0 N–H and O–H groups in total. The van der Waals surface area contributed by atoms with E-state index in [1.165, 1.54) is 0 Å². The molecule has 0 saturated heterocycles. The Kier molecular flexibility index (Phi) is 3.80.